The maximum atomic E-state index is 11.6. The molecule has 3 N–H and O–H groups in total. The van der Waals surface area contributed by atoms with E-state index in [0.717, 1.165) is 15.7 Å². The van der Waals surface area contributed by atoms with E-state index < -0.39 is 0 Å². The third-order valence-corrected chi connectivity index (χ3v) is 2.91. The molecule has 0 aromatic heterocycles. The van der Waals surface area contributed by atoms with Crippen LogP contribution in [0.2, 0.25) is 0 Å². The molecule has 0 fully saturated rings. The van der Waals surface area contributed by atoms with Gasteiger partial charge in [-0.3, -0.25) is 4.79 Å². The highest BCUT2D eigenvalue weighted by Gasteiger charge is 2.06. The molecule has 1 rings (SSSR count). The van der Waals surface area contributed by atoms with Crippen molar-refractivity contribution < 1.29 is 4.79 Å². The fourth-order valence-electron chi connectivity index (χ4n) is 1.31. The van der Waals surface area contributed by atoms with Crippen LogP contribution in [0.15, 0.2) is 22.7 Å². The molecule has 0 saturated heterocycles. The highest BCUT2D eigenvalue weighted by atomic mass is 79.9. The number of hydrogen-bond acceptors (Lipinski definition) is 2. The van der Waals surface area contributed by atoms with E-state index in [-0.39, 0.29) is 11.9 Å². The predicted octanol–water partition coefficient (Wildman–Crippen LogP) is 2.82. The average Bonchev–Trinajstić information content (AvgIpc) is 2.20. The van der Waals surface area contributed by atoms with Gasteiger partial charge in [0.1, 0.15) is 0 Å². The maximum absolute atomic E-state index is 11.6. The highest BCUT2D eigenvalue weighted by molar-refractivity contribution is 9.10. The van der Waals surface area contributed by atoms with Crippen molar-refractivity contribution in [3.05, 3.63) is 28.2 Å². The molecular weight excluding hydrogens is 268 g/mol. The Morgan fingerprint density at radius 2 is 2.25 bits per heavy atom. The van der Waals surface area contributed by atoms with Crippen molar-refractivity contribution in [2.24, 2.45) is 5.73 Å². The topological polar surface area (TPSA) is 55.1 Å². The van der Waals surface area contributed by atoms with E-state index in [1.165, 1.54) is 0 Å². The molecule has 1 aromatic carbocycles. The predicted molar refractivity (Wildman–Crippen MR) is 70.4 cm³/mol. The van der Waals surface area contributed by atoms with E-state index in [9.17, 15) is 4.79 Å². The lowest BCUT2D eigenvalue weighted by atomic mass is 10.2. The first-order valence-electron chi connectivity index (χ1n) is 5.30. The van der Waals surface area contributed by atoms with Crippen molar-refractivity contribution in [2.45, 2.75) is 32.7 Å². The molecule has 0 aliphatic carbocycles. The Morgan fingerprint density at radius 3 is 2.88 bits per heavy atom. The minimum atomic E-state index is 0.00333. The Kier molecular flexibility index (Phi) is 4.96. The lowest BCUT2D eigenvalue weighted by Gasteiger charge is -2.09. The van der Waals surface area contributed by atoms with E-state index >= 15 is 0 Å². The number of amides is 1. The van der Waals surface area contributed by atoms with Crippen LogP contribution in [-0.4, -0.2) is 11.9 Å². The third kappa shape index (κ3) is 4.33. The largest absolute Gasteiger partial charge is 0.328 e. The van der Waals surface area contributed by atoms with Gasteiger partial charge in [-0.05, 0) is 53.9 Å². The van der Waals surface area contributed by atoms with Crippen LogP contribution in [0.5, 0.6) is 0 Å². The summed E-state index contributed by atoms with van der Waals surface area (Å²) in [6.45, 7) is 3.89. The number of nitrogens with one attached hydrogen (secondary N) is 1. The summed E-state index contributed by atoms with van der Waals surface area (Å²) in [6.07, 6.45) is 1.16. The second-order valence-corrected chi connectivity index (χ2v) is 4.90. The normalized spacial score (nSPS) is 12.2. The van der Waals surface area contributed by atoms with Crippen LogP contribution in [-0.2, 0) is 4.79 Å². The molecule has 3 nitrogen and oxygen atoms in total. The fourth-order valence-corrected chi connectivity index (χ4v) is 1.65. The van der Waals surface area contributed by atoms with Crippen LogP contribution in [0.3, 0.4) is 0 Å². The number of carbonyl (C=O) groups is 1. The van der Waals surface area contributed by atoms with Crippen molar-refractivity contribution in [3.63, 3.8) is 0 Å². The molecule has 0 heterocycles. The summed E-state index contributed by atoms with van der Waals surface area (Å²) in [4.78, 5) is 11.6. The van der Waals surface area contributed by atoms with Gasteiger partial charge < -0.3 is 11.1 Å². The van der Waals surface area contributed by atoms with Crippen LogP contribution in [0, 0.1) is 6.92 Å². The standard InChI is InChI=1S/C12H17BrN2O/c1-8-3-5-10(13)11(7-8)15-12(16)6-4-9(2)14/h3,5,7,9H,4,6,14H2,1-2H3,(H,15,16). The van der Waals surface area contributed by atoms with Crippen LogP contribution in [0.1, 0.15) is 25.3 Å². The number of halogens is 1. The van der Waals surface area contributed by atoms with Gasteiger partial charge in [0.05, 0.1) is 5.69 Å². The Bertz CT molecular complexity index is 377. The van der Waals surface area contributed by atoms with Crippen LogP contribution in [0.25, 0.3) is 0 Å². The van der Waals surface area contributed by atoms with Crippen LogP contribution in [0.4, 0.5) is 5.69 Å². The van der Waals surface area contributed by atoms with Crippen molar-refractivity contribution in [2.75, 3.05) is 5.32 Å². The molecule has 4 heteroatoms. The Balaban J connectivity index is 2.59. The second kappa shape index (κ2) is 6.01. The van der Waals surface area contributed by atoms with E-state index in [0.29, 0.717) is 12.8 Å². The molecule has 0 spiro atoms. The zero-order valence-electron chi connectivity index (χ0n) is 9.59. The van der Waals surface area contributed by atoms with Gasteiger partial charge in [0.2, 0.25) is 5.91 Å². The minimum Gasteiger partial charge on any atom is -0.328 e. The van der Waals surface area contributed by atoms with Gasteiger partial charge in [-0.25, -0.2) is 0 Å². The van der Waals surface area contributed by atoms with Crippen LogP contribution < -0.4 is 11.1 Å². The number of rotatable bonds is 4. The van der Waals surface area contributed by atoms with Crippen molar-refractivity contribution >= 4 is 27.5 Å². The Hall–Kier alpha value is -0.870. The number of aryl methyl sites for hydroxylation is 1. The van der Waals surface area contributed by atoms with E-state index in [2.05, 4.69) is 21.2 Å². The van der Waals surface area contributed by atoms with Gasteiger partial charge in [0.15, 0.2) is 0 Å². The van der Waals surface area contributed by atoms with Crippen molar-refractivity contribution in [3.8, 4) is 0 Å². The lowest BCUT2D eigenvalue weighted by Crippen LogP contribution is -2.19. The van der Waals surface area contributed by atoms with Gasteiger partial charge in [-0.1, -0.05) is 6.07 Å². The van der Waals surface area contributed by atoms with Crippen LogP contribution >= 0.6 is 15.9 Å². The molecule has 1 aromatic rings. The molecular formula is C12H17BrN2O. The Morgan fingerprint density at radius 1 is 1.56 bits per heavy atom. The molecule has 0 saturated carbocycles. The SMILES string of the molecule is Cc1ccc(Br)c(NC(=O)CCC(C)N)c1. The van der Waals surface area contributed by atoms with E-state index in [1.807, 2.05) is 32.0 Å². The van der Waals surface area contributed by atoms with Gasteiger partial charge in [-0.15, -0.1) is 0 Å². The summed E-state index contributed by atoms with van der Waals surface area (Å²) >= 11 is 3.40. The summed E-state index contributed by atoms with van der Waals surface area (Å²) in [7, 11) is 0. The van der Waals surface area contributed by atoms with Gasteiger partial charge in [0, 0.05) is 16.9 Å². The van der Waals surface area contributed by atoms with E-state index in [4.69, 9.17) is 5.73 Å². The van der Waals surface area contributed by atoms with Crippen molar-refractivity contribution in [1.82, 2.24) is 0 Å². The summed E-state index contributed by atoms with van der Waals surface area (Å²) in [5.41, 5.74) is 7.53. The molecule has 1 atom stereocenters. The highest BCUT2D eigenvalue weighted by Crippen LogP contribution is 2.23. The average molecular weight is 285 g/mol. The maximum Gasteiger partial charge on any atom is 0.224 e. The monoisotopic (exact) mass is 284 g/mol. The number of benzene rings is 1. The molecule has 0 radical (unpaired) electrons. The third-order valence-electron chi connectivity index (χ3n) is 2.22. The van der Waals surface area contributed by atoms with E-state index in [1.54, 1.807) is 0 Å². The zero-order valence-corrected chi connectivity index (χ0v) is 11.2. The van der Waals surface area contributed by atoms with Gasteiger partial charge in [-0.2, -0.15) is 0 Å². The molecule has 88 valence electrons. The van der Waals surface area contributed by atoms with Crippen molar-refractivity contribution in [1.29, 1.82) is 0 Å². The smallest absolute Gasteiger partial charge is 0.224 e. The quantitative estimate of drug-likeness (QED) is 0.893. The fraction of sp³-hybridized carbons (Fsp3) is 0.417. The first-order valence-corrected chi connectivity index (χ1v) is 6.10. The summed E-state index contributed by atoms with van der Waals surface area (Å²) < 4.78 is 0.896. The number of anilines is 1. The lowest BCUT2D eigenvalue weighted by molar-refractivity contribution is -0.116. The zero-order chi connectivity index (χ0) is 12.1. The number of nitrogens with two attached hydrogens (primary N) is 1. The molecule has 0 bridgehead atoms. The molecule has 1 unspecified atom stereocenters. The summed E-state index contributed by atoms with van der Waals surface area (Å²) in [5.74, 6) is 0.00333. The second-order valence-electron chi connectivity index (χ2n) is 4.05. The number of carbonyl (C=O) groups excluding carboxylic acids is 1. The summed E-state index contributed by atoms with van der Waals surface area (Å²) in [6, 6.07) is 5.91. The van der Waals surface area contributed by atoms with Gasteiger partial charge >= 0.3 is 0 Å². The first-order chi connectivity index (χ1) is 7.49. The molecule has 16 heavy (non-hydrogen) atoms. The Labute approximate surface area is 105 Å². The molecule has 0 aliphatic heterocycles. The summed E-state index contributed by atoms with van der Waals surface area (Å²) in [5, 5.41) is 2.87. The minimum absolute atomic E-state index is 0.00333. The van der Waals surface area contributed by atoms with Gasteiger partial charge in [0.25, 0.3) is 0 Å². The molecule has 1 amide bonds. The number of hydrogen-bond donors (Lipinski definition) is 2. The first kappa shape index (κ1) is 13.2. The molecule has 0 aliphatic rings.